The first kappa shape index (κ1) is 18.0. The van der Waals surface area contributed by atoms with Crippen molar-refractivity contribution in [3.8, 4) is 0 Å². The molecule has 1 aromatic rings. The second-order valence-electron chi connectivity index (χ2n) is 8.74. The van der Waals surface area contributed by atoms with Crippen LogP contribution in [0, 0.1) is 11.8 Å². The Balaban J connectivity index is 1.76. The molecule has 2 aliphatic rings. The predicted molar refractivity (Wildman–Crippen MR) is 101 cm³/mol. The van der Waals surface area contributed by atoms with E-state index in [0.29, 0.717) is 18.3 Å². The SMILES string of the molecule is C[C@@H]1C[C@H](CC(=O)OC(C)(C)C)CN(c2c(N)cnc3c2CCC3)C1. The number of pyridine rings is 1. The van der Waals surface area contributed by atoms with Crippen LogP contribution in [0.3, 0.4) is 0 Å². The number of fused-ring (bicyclic) bond motifs is 1. The topological polar surface area (TPSA) is 68.5 Å². The number of hydrogen-bond donors (Lipinski definition) is 1. The summed E-state index contributed by atoms with van der Waals surface area (Å²) in [5, 5.41) is 0. The molecule has 1 fully saturated rings. The van der Waals surface area contributed by atoms with Crippen LogP contribution in [0.15, 0.2) is 6.20 Å². The van der Waals surface area contributed by atoms with Gasteiger partial charge in [-0.3, -0.25) is 9.78 Å². The lowest BCUT2D eigenvalue weighted by Gasteiger charge is -2.39. The maximum absolute atomic E-state index is 12.3. The minimum Gasteiger partial charge on any atom is -0.460 e. The fourth-order valence-electron chi connectivity index (χ4n) is 4.31. The maximum Gasteiger partial charge on any atom is 0.306 e. The number of nitrogens with zero attached hydrogens (tertiary/aromatic N) is 2. The number of nitrogen functional groups attached to an aromatic ring is 1. The van der Waals surface area contributed by atoms with E-state index in [0.717, 1.165) is 44.5 Å². The minimum atomic E-state index is -0.423. The molecule has 1 aromatic heterocycles. The van der Waals surface area contributed by atoms with Gasteiger partial charge >= 0.3 is 5.97 Å². The Labute approximate surface area is 150 Å². The lowest BCUT2D eigenvalue weighted by Crippen LogP contribution is -2.41. The van der Waals surface area contributed by atoms with Gasteiger partial charge in [0.25, 0.3) is 0 Å². The highest BCUT2D eigenvalue weighted by atomic mass is 16.6. The first-order valence-corrected chi connectivity index (χ1v) is 9.46. The molecule has 25 heavy (non-hydrogen) atoms. The van der Waals surface area contributed by atoms with E-state index in [-0.39, 0.29) is 5.97 Å². The number of ether oxygens (including phenoxy) is 1. The molecular weight excluding hydrogens is 314 g/mol. The van der Waals surface area contributed by atoms with Crippen molar-refractivity contribution in [3.05, 3.63) is 17.5 Å². The summed E-state index contributed by atoms with van der Waals surface area (Å²) in [5.41, 5.74) is 10.3. The number of anilines is 2. The van der Waals surface area contributed by atoms with E-state index in [9.17, 15) is 4.79 Å². The van der Waals surface area contributed by atoms with Crippen LogP contribution < -0.4 is 10.6 Å². The molecule has 2 N–H and O–H groups in total. The first-order valence-electron chi connectivity index (χ1n) is 9.46. The molecule has 1 saturated heterocycles. The molecule has 2 atom stereocenters. The number of hydrogen-bond acceptors (Lipinski definition) is 5. The van der Waals surface area contributed by atoms with E-state index < -0.39 is 5.60 Å². The van der Waals surface area contributed by atoms with Crippen LogP contribution >= 0.6 is 0 Å². The van der Waals surface area contributed by atoms with Crippen LogP contribution in [-0.4, -0.2) is 29.6 Å². The molecule has 0 bridgehead atoms. The third kappa shape index (κ3) is 4.25. The van der Waals surface area contributed by atoms with Gasteiger partial charge in [0.2, 0.25) is 0 Å². The number of nitrogens with two attached hydrogens (primary N) is 1. The second kappa shape index (κ2) is 6.85. The lowest BCUT2D eigenvalue weighted by atomic mass is 9.87. The van der Waals surface area contributed by atoms with Crippen molar-refractivity contribution in [2.24, 2.45) is 11.8 Å². The third-order valence-corrected chi connectivity index (χ3v) is 5.05. The molecule has 5 heteroatoms. The Kier molecular flexibility index (Phi) is 4.94. The largest absolute Gasteiger partial charge is 0.460 e. The Morgan fingerprint density at radius 1 is 1.36 bits per heavy atom. The molecule has 3 rings (SSSR count). The average molecular weight is 345 g/mol. The molecule has 0 radical (unpaired) electrons. The van der Waals surface area contributed by atoms with Gasteiger partial charge in [0, 0.05) is 18.8 Å². The van der Waals surface area contributed by atoms with Crippen LogP contribution in [0.4, 0.5) is 11.4 Å². The number of carbonyl (C=O) groups is 1. The van der Waals surface area contributed by atoms with Crippen LogP contribution in [-0.2, 0) is 22.4 Å². The number of carbonyl (C=O) groups excluding carboxylic acids is 1. The summed E-state index contributed by atoms with van der Waals surface area (Å²) in [6.45, 7) is 9.87. The fraction of sp³-hybridized carbons (Fsp3) is 0.700. The minimum absolute atomic E-state index is 0.0977. The van der Waals surface area contributed by atoms with Gasteiger partial charge < -0.3 is 15.4 Å². The summed E-state index contributed by atoms with van der Waals surface area (Å²) in [6, 6.07) is 0. The standard InChI is InChI=1S/C20H31N3O2/c1-13-8-14(9-18(24)25-20(2,3)4)12-23(11-13)19-15-6-5-7-17(15)22-10-16(19)21/h10,13-14H,5-9,11-12,21H2,1-4H3/t13-,14-/m1/s1. The predicted octanol–water partition coefficient (Wildman–Crippen LogP) is 3.35. The monoisotopic (exact) mass is 345 g/mol. The normalized spacial score (nSPS) is 23.4. The average Bonchev–Trinajstić information content (AvgIpc) is 2.92. The Morgan fingerprint density at radius 2 is 2.12 bits per heavy atom. The highest BCUT2D eigenvalue weighted by Crippen LogP contribution is 2.38. The third-order valence-electron chi connectivity index (χ3n) is 5.05. The number of aromatic nitrogens is 1. The van der Waals surface area contributed by atoms with E-state index in [4.69, 9.17) is 10.5 Å². The molecule has 0 aromatic carbocycles. The Hall–Kier alpha value is -1.78. The van der Waals surface area contributed by atoms with Crippen molar-refractivity contribution in [1.82, 2.24) is 4.98 Å². The van der Waals surface area contributed by atoms with Crippen LogP contribution in [0.25, 0.3) is 0 Å². The highest BCUT2D eigenvalue weighted by molar-refractivity contribution is 5.73. The number of piperidine rings is 1. The Morgan fingerprint density at radius 3 is 2.84 bits per heavy atom. The van der Waals surface area contributed by atoms with Crippen molar-refractivity contribution in [2.75, 3.05) is 23.7 Å². The van der Waals surface area contributed by atoms with Gasteiger partial charge in [0.1, 0.15) is 5.60 Å². The van der Waals surface area contributed by atoms with E-state index in [1.165, 1.54) is 16.9 Å². The lowest BCUT2D eigenvalue weighted by molar-refractivity contribution is -0.156. The molecular formula is C20H31N3O2. The summed E-state index contributed by atoms with van der Waals surface area (Å²) in [5.74, 6) is 0.744. The summed E-state index contributed by atoms with van der Waals surface area (Å²) in [6.07, 6.45) is 6.61. The first-order chi connectivity index (χ1) is 11.7. The maximum atomic E-state index is 12.3. The van der Waals surface area contributed by atoms with Crippen molar-refractivity contribution in [1.29, 1.82) is 0 Å². The van der Waals surface area contributed by atoms with Gasteiger partial charge in [-0.05, 0) is 63.9 Å². The van der Waals surface area contributed by atoms with Gasteiger partial charge in [-0.15, -0.1) is 0 Å². The van der Waals surface area contributed by atoms with Gasteiger partial charge in [0.15, 0.2) is 0 Å². The zero-order valence-corrected chi connectivity index (χ0v) is 16.0. The van der Waals surface area contributed by atoms with Crippen molar-refractivity contribution in [2.45, 2.75) is 65.4 Å². The Bertz CT molecular complexity index is 651. The molecule has 0 unspecified atom stereocenters. The molecule has 138 valence electrons. The van der Waals surface area contributed by atoms with Crippen LogP contribution in [0.2, 0.25) is 0 Å². The molecule has 0 spiro atoms. The quantitative estimate of drug-likeness (QED) is 0.851. The molecule has 1 aliphatic carbocycles. The molecule has 1 aliphatic heterocycles. The van der Waals surface area contributed by atoms with Crippen LogP contribution in [0.5, 0.6) is 0 Å². The highest BCUT2D eigenvalue weighted by Gasteiger charge is 2.31. The molecule has 0 saturated carbocycles. The number of rotatable bonds is 3. The number of esters is 1. The molecule has 5 nitrogen and oxygen atoms in total. The molecule has 2 heterocycles. The summed E-state index contributed by atoms with van der Waals surface area (Å²) in [7, 11) is 0. The van der Waals surface area contributed by atoms with Crippen LogP contribution in [0.1, 0.15) is 58.2 Å². The molecule has 0 amide bonds. The zero-order valence-electron chi connectivity index (χ0n) is 16.0. The van der Waals surface area contributed by atoms with Gasteiger partial charge in [-0.25, -0.2) is 0 Å². The zero-order chi connectivity index (χ0) is 18.2. The van der Waals surface area contributed by atoms with Gasteiger partial charge in [-0.1, -0.05) is 6.92 Å². The van der Waals surface area contributed by atoms with E-state index in [2.05, 4.69) is 16.8 Å². The van der Waals surface area contributed by atoms with Crippen molar-refractivity contribution < 1.29 is 9.53 Å². The fourth-order valence-corrected chi connectivity index (χ4v) is 4.31. The van der Waals surface area contributed by atoms with Crippen molar-refractivity contribution in [3.63, 3.8) is 0 Å². The summed E-state index contributed by atoms with van der Waals surface area (Å²) in [4.78, 5) is 19.2. The summed E-state index contributed by atoms with van der Waals surface area (Å²) >= 11 is 0. The van der Waals surface area contributed by atoms with Gasteiger partial charge in [0.05, 0.1) is 24.0 Å². The van der Waals surface area contributed by atoms with E-state index in [1.54, 1.807) is 0 Å². The van der Waals surface area contributed by atoms with Gasteiger partial charge in [-0.2, -0.15) is 0 Å². The second-order valence-corrected chi connectivity index (χ2v) is 8.74. The summed E-state index contributed by atoms with van der Waals surface area (Å²) < 4.78 is 5.52. The number of aryl methyl sites for hydroxylation is 1. The van der Waals surface area contributed by atoms with E-state index >= 15 is 0 Å². The van der Waals surface area contributed by atoms with Crippen molar-refractivity contribution >= 4 is 17.3 Å². The van der Waals surface area contributed by atoms with E-state index in [1.807, 2.05) is 27.0 Å². The smallest absolute Gasteiger partial charge is 0.306 e.